The molecule has 2 heterocycles. The van der Waals surface area contributed by atoms with E-state index in [1.807, 2.05) is 14.0 Å². The van der Waals surface area contributed by atoms with Gasteiger partial charge in [0.1, 0.15) is 11.6 Å². The minimum atomic E-state index is -0.212. The highest BCUT2D eigenvalue weighted by Gasteiger charge is 2.11. The second-order valence-corrected chi connectivity index (χ2v) is 5.31. The van der Waals surface area contributed by atoms with Crippen molar-refractivity contribution in [1.82, 2.24) is 19.7 Å². The Morgan fingerprint density at radius 1 is 1.43 bits per heavy atom. The van der Waals surface area contributed by atoms with Gasteiger partial charge in [-0.2, -0.15) is 5.10 Å². The summed E-state index contributed by atoms with van der Waals surface area (Å²) in [5.74, 6) is 2.10. The van der Waals surface area contributed by atoms with Crippen LogP contribution in [-0.4, -0.2) is 44.6 Å². The number of hydrogen-bond acceptors (Lipinski definition) is 7. The van der Waals surface area contributed by atoms with Crippen molar-refractivity contribution < 1.29 is 9.53 Å². The van der Waals surface area contributed by atoms with Gasteiger partial charge in [-0.25, -0.2) is 9.97 Å². The number of hydrogen-bond donors (Lipinski definition) is 1. The van der Waals surface area contributed by atoms with Gasteiger partial charge in [0, 0.05) is 13.6 Å². The quantitative estimate of drug-likeness (QED) is 0.778. The predicted octanol–water partition coefficient (Wildman–Crippen LogP) is 1.59. The molecular formula is C13H19N5O2S. The number of fused-ring (bicyclic) bond motifs is 1. The number of ether oxygens (including phenoxy) is 1. The molecule has 7 nitrogen and oxygen atoms in total. The maximum atomic E-state index is 11.3. The van der Waals surface area contributed by atoms with Crippen LogP contribution < -0.4 is 5.32 Å². The third-order valence-corrected chi connectivity index (χ3v) is 3.64. The van der Waals surface area contributed by atoms with Crippen molar-refractivity contribution in [2.75, 3.05) is 24.2 Å². The van der Waals surface area contributed by atoms with Gasteiger partial charge in [-0.1, -0.05) is 0 Å². The van der Waals surface area contributed by atoms with Crippen LogP contribution in [0.3, 0.4) is 0 Å². The molecule has 2 aromatic rings. The summed E-state index contributed by atoms with van der Waals surface area (Å²) in [6.07, 6.45) is 1.75. The fraction of sp³-hybridized carbons (Fsp3) is 0.538. The zero-order valence-corrected chi connectivity index (χ0v) is 13.2. The molecule has 0 aromatic carbocycles. The number of aryl methyl sites for hydroxylation is 1. The fourth-order valence-electron chi connectivity index (χ4n) is 1.86. The number of aromatic nitrogens is 4. The van der Waals surface area contributed by atoms with Gasteiger partial charge in [-0.05, 0) is 13.8 Å². The molecule has 0 atom stereocenters. The number of esters is 1. The lowest BCUT2D eigenvalue weighted by Gasteiger charge is -2.07. The molecule has 114 valence electrons. The van der Waals surface area contributed by atoms with Crippen molar-refractivity contribution >= 4 is 34.6 Å². The molecule has 0 aliphatic carbocycles. The van der Waals surface area contributed by atoms with E-state index >= 15 is 0 Å². The van der Waals surface area contributed by atoms with Crippen LogP contribution in [0, 0.1) is 0 Å². The Morgan fingerprint density at radius 3 is 2.95 bits per heavy atom. The van der Waals surface area contributed by atoms with Gasteiger partial charge in [-0.3, -0.25) is 9.48 Å². The first-order valence-corrected chi connectivity index (χ1v) is 7.97. The monoisotopic (exact) mass is 309 g/mol. The molecule has 0 radical (unpaired) electrons. The third kappa shape index (κ3) is 3.84. The Labute approximate surface area is 127 Å². The maximum absolute atomic E-state index is 11.3. The van der Waals surface area contributed by atoms with Crippen LogP contribution in [0.5, 0.6) is 0 Å². The first-order valence-electron chi connectivity index (χ1n) is 6.81. The van der Waals surface area contributed by atoms with Gasteiger partial charge in [0.15, 0.2) is 5.65 Å². The van der Waals surface area contributed by atoms with E-state index < -0.39 is 0 Å². The van der Waals surface area contributed by atoms with Crippen LogP contribution in [-0.2, 0) is 22.3 Å². The molecule has 1 N–H and O–H groups in total. The van der Waals surface area contributed by atoms with Gasteiger partial charge in [-0.15, -0.1) is 11.8 Å². The van der Waals surface area contributed by atoms with E-state index in [0.29, 0.717) is 23.9 Å². The minimum absolute atomic E-state index is 0.212. The molecule has 2 rings (SSSR count). The second kappa shape index (κ2) is 7.26. The number of carbonyl (C=O) groups excluding carboxylic acids is 1. The van der Waals surface area contributed by atoms with E-state index in [0.717, 1.165) is 23.4 Å². The summed E-state index contributed by atoms with van der Waals surface area (Å²) in [5.41, 5.74) is 0.785. The normalized spacial score (nSPS) is 10.8. The molecule has 0 saturated heterocycles. The average molecular weight is 309 g/mol. The highest BCUT2D eigenvalue weighted by molar-refractivity contribution is 7.99. The Hall–Kier alpha value is -1.83. The zero-order chi connectivity index (χ0) is 15.2. The number of carbonyl (C=O) groups is 1. The van der Waals surface area contributed by atoms with Crippen molar-refractivity contribution in [2.24, 2.45) is 7.05 Å². The van der Waals surface area contributed by atoms with Gasteiger partial charge < -0.3 is 10.1 Å². The summed E-state index contributed by atoms with van der Waals surface area (Å²) in [4.78, 5) is 20.3. The molecule has 0 amide bonds. The molecule has 2 aromatic heterocycles. The number of thioether (sulfide) groups is 1. The Balaban J connectivity index is 2.12. The maximum Gasteiger partial charge on any atom is 0.315 e. The van der Waals surface area contributed by atoms with Crippen LogP contribution in [0.4, 0.5) is 5.82 Å². The first kappa shape index (κ1) is 15.6. The van der Waals surface area contributed by atoms with Crippen LogP contribution in [0.15, 0.2) is 6.20 Å². The molecule has 0 aliphatic rings. The molecule has 0 saturated carbocycles. The summed E-state index contributed by atoms with van der Waals surface area (Å²) in [6, 6.07) is 0. The SMILES string of the molecule is CCNc1nc(CSCC(=O)OCC)nc2c1cnn2C. The predicted molar refractivity (Wildman–Crippen MR) is 83.3 cm³/mol. The molecule has 8 heteroatoms. The van der Waals surface area contributed by atoms with E-state index in [2.05, 4.69) is 20.4 Å². The van der Waals surface area contributed by atoms with Crippen molar-refractivity contribution in [3.63, 3.8) is 0 Å². The Morgan fingerprint density at radius 2 is 2.24 bits per heavy atom. The molecule has 0 unspecified atom stereocenters. The summed E-state index contributed by atoms with van der Waals surface area (Å²) in [5, 5.41) is 8.33. The largest absolute Gasteiger partial charge is 0.465 e. The second-order valence-electron chi connectivity index (χ2n) is 4.32. The van der Waals surface area contributed by atoms with Crippen molar-refractivity contribution in [3.05, 3.63) is 12.0 Å². The Kier molecular flexibility index (Phi) is 5.38. The number of anilines is 1. The lowest BCUT2D eigenvalue weighted by atomic mass is 10.4. The Bertz CT molecular complexity index is 628. The van der Waals surface area contributed by atoms with E-state index in [1.165, 1.54) is 11.8 Å². The standard InChI is InChI=1S/C13H19N5O2S/c1-4-14-12-9-6-15-18(3)13(9)17-10(16-12)7-21-8-11(19)20-5-2/h6H,4-5,7-8H2,1-3H3,(H,14,16,17). The van der Waals surface area contributed by atoms with Gasteiger partial charge in [0.2, 0.25) is 0 Å². The van der Waals surface area contributed by atoms with E-state index in [1.54, 1.807) is 17.8 Å². The summed E-state index contributed by atoms with van der Waals surface area (Å²) in [7, 11) is 1.85. The van der Waals surface area contributed by atoms with Crippen LogP contribution in [0.2, 0.25) is 0 Å². The average Bonchev–Trinajstić information content (AvgIpc) is 2.82. The van der Waals surface area contributed by atoms with E-state index in [4.69, 9.17) is 4.74 Å². The lowest BCUT2D eigenvalue weighted by Crippen LogP contribution is -2.08. The van der Waals surface area contributed by atoms with Gasteiger partial charge >= 0.3 is 5.97 Å². The molecule has 0 fully saturated rings. The van der Waals surface area contributed by atoms with Gasteiger partial charge in [0.25, 0.3) is 0 Å². The third-order valence-electron chi connectivity index (χ3n) is 2.74. The van der Waals surface area contributed by atoms with Crippen LogP contribution in [0.25, 0.3) is 11.0 Å². The lowest BCUT2D eigenvalue weighted by molar-refractivity contribution is -0.139. The van der Waals surface area contributed by atoms with Crippen molar-refractivity contribution in [3.8, 4) is 0 Å². The van der Waals surface area contributed by atoms with Crippen LogP contribution >= 0.6 is 11.8 Å². The highest BCUT2D eigenvalue weighted by atomic mass is 32.2. The minimum Gasteiger partial charge on any atom is -0.465 e. The summed E-state index contributed by atoms with van der Waals surface area (Å²) >= 11 is 1.44. The van der Waals surface area contributed by atoms with E-state index in [9.17, 15) is 4.79 Å². The molecular weight excluding hydrogens is 290 g/mol. The molecule has 0 aliphatic heterocycles. The van der Waals surface area contributed by atoms with E-state index in [-0.39, 0.29) is 5.97 Å². The van der Waals surface area contributed by atoms with Crippen molar-refractivity contribution in [2.45, 2.75) is 19.6 Å². The smallest absolute Gasteiger partial charge is 0.315 e. The van der Waals surface area contributed by atoms with Crippen LogP contribution in [0.1, 0.15) is 19.7 Å². The van der Waals surface area contributed by atoms with Gasteiger partial charge in [0.05, 0.1) is 29.7 Å². The number of nitrogens with zero attached hydrogens (tertiary/aromatic N) is 4. The summed E-state index contributed by atoms with van der Waals surface area (Å²) < 4.78 is 6.61. The van der Waals surface area contributed by atoms with Crippen molar-refractivity contribution in [1.29, 1.82) is 0 Å². The number of rotatable bonds is 7. The molecule has 0 bridgehead atoms. The molecule has 0 spiro atoms. The summed E-state index contributed by atoms with van der Waals surface area (Å²) in [6.45, 7) is 4.99. The topological polar surface area (TPSA) is 81.9 Å². The fourth-order valence-corrected chi connectivity index (χ4v) is 2.53. The molecule has 21 heavy (non-hydrogen) atoms. The highest BCUT2D eigenvalue weighted by Crippen LogP contribution is 2.21. The number of nitrogens with one attached hydrogen (secondary N) is 1. The first-order chi connectivity index (χ1) is 10.2. The zero-order valence-electron chi connectivity index (χ0n) is 12.4.